The lowest BCUT2D eigenvalue weighted by Gasteiger charge is -2.33. The summed E-state index contributed by atoms with van der Waals surface area (Å²) < 4.78 is 0. The van der Waals surface area contributed by atoms with Gasteiger partial charge in [-0.15, -0.1) is 0 Å². The average Bonchev–Trinajstić information content (AvgIpc) is 2.80. The van der Waals surface area contributed by atoms with E-state index in [4.69, 9.17) is 23.2 Å². The molecule has 5 nitrogen and oxygen atoms in total. The van der Waals surface area contributed by atoms with Crippen LogP contribution in [0.5, 0.6) is 0 Å². The van der Waals surface area contributed by atoms with Gasteiger partial charge in [-0.1, -0.05) is 29.3 Å². The second-order valence-electron chi connectivity index (χ2n) is 5.84. The van der Waals surface area contributed by atoms with Gasteiger partial charge in [0.25, 0.3) is 11.1 Å². The second-order valence-corrected chi connectivity index (χ2v) is 7.68. The van der Waals surface area contributed by atoms with Crippen molar-refractivity contribution in [2.75, 3.05) is 39.9 Å². The monoisotopic (exact) mass is 385 g/mol. The topological polar surface area (TPSA) is 43.9 Å². The van der Waals surface area contributed by atoms with Gasteiger partial charge in [0.15, 0.2) is 0 Å². The zero-order valence-corrected chi connectivity index (χ0v) is 15.5. The van der Waals surface area contributed by atoms with Gasteiger partial charge in [-0.3, -0.25) is 19.4 Å². The lowest BCUT2D eigenvalue weighted by Crippen LogP contribution is -2.49. The van der Waals surface area contributed by atoms with Crippen LogP contribution in [0.2, 0.25) is 10.0 Å². The summed E-state index contributed by atoms with van der Waals surface area (Å²) in [6, 6.07) is 5.05. The number of carbonyl (C=O) groups is 2. The van der Waals surface area contributed by atoms with E-state index in [1.807, 2.05) is 0 Å². The van der Waals surface area contributed by atoms with Crippen molar-refractivity contribution < 1.29 is 9.59 Å². The van der Waals surface area contributed by atoms with Crippen molar-refractivity contribution in [3.8, 4) is 0 Å². The van der Waals surface area contributed by atoms with Crippen LogP contribution in [0, 0.1) is 0 Å². The summed E-state index contributed by atoms with van der Waals surface area (Å²) in [7, 11) is 2.07. The number of hydrogen-bond acceptors (Lipinski definition) is 5. The van der Waals surface area contributed by atoms with Gasteiger partial charge >= 0.3 is 0 Å². The Balaban J connectivity index is 1.72. The molecule has 3 rings (SSSR count). The number of rotatable bonds is 3. The number of imide groups is 1. The molecule has 0 bridgehead atoms. The third-order valence-electron chi connectivity index (χ3n) is 4.06. The van der Waals surface area contributed by atoms with Gasteiger partial charge in [0, 0.05) is 36.2 Å². The molecule has 2 amide bonds. The Morgan fingerprint density at radius 2 is 1.88 bits per heavy atom. The number of carbonyl (C=O) groups excluding carboxylic acids is 2. The van der Waals surface area contributed by atoms with Gasteiger partial charge in [-0.25, -0.2) is 0 Å². The molecule has 8 heteroatoms. The number of halogens is 2. The first-order valence-corrected chi connectivity index (χ1v) is 9.12. The molecule has 0 saturated carbocycles. The lowest BCUT2D eigenvalue weighted by molar-refractivity contribution is -0.124. The highest BCUT2D eigenvalue weighted by molar-refractivity contribution is 8.18. The molecule has 2 heterocycles. The Morgan fingerprint density at radius 1 is 1.17 bits per heavy atom. The smallest absolute Gasteiger partial charge is 0.294 e. The Hall–Kier alpha value is -1.05. The third-order valence-corrected chi connectivity index (χ3v) is 5.53. The van der Waals surface area contributed by atoms with Crippen molar-refractivity contribution in [3.63, 3.8) is 0 Å². The van der Waals surface area contributed by atoms with Gasteiger partial charge in [0.05, 0.1) is 11.6 Å². The van der Waals surface area contributed by atoms with E-state index >= 15 is 0 Å². The number of benzene rings is 1. The molecule has 0 atom stereocenters. The summed E-state index contributed by atoms with van der Waals surface area (Å²) >= 11 is 13.0. The second kappa shape index (κ2) is 7.45. The first-order chi connectivity index (χ1) is 11.4. The van der Waals surface area contributed by atoms with Gasteiger partial charge in [0.1, 0.15) is 0 Å². The molecule has 1 aromatic rings. The van der Waals surface area contributed by atoms with Gasteiger partial charge < -0.3 is 4.90 Å². The van der Waals surface area contributed by atoms with Crippen molar-refractivity contribution in [2.24, 2.45) is 0 Å². The zero-order valence-electron chi connectivity index (χ0n) is 13.2. The number of hydrogen-bond donors (Lipinski definition) is 0. The Kier molecular flexibility index (Phi) is 5.52. The molecule has 0 aliphatic carbocycles. The summed E-state index contributed by atoms with van der Waals surface area (Å²) in [6.45, 7) is 3.91. The van der Waals surface area contributed by atoms with Crippen LogP contribution in [-0.4, -0.2) is 65.7 Å². The minimum absolute atomic E-state index is 0.240. The van der Waals surface area contributed by atoms with Crippen LogP contribution in [0.1, 0.15) is 5.56 Å². The quantitative estimate of drug-likeness (QED) is 0.747. The molecule has 2 saturated heterocycles. The minimum Gasteiger partial charge on any atom is -0.304 e. The number of amides is 2. The Bertz CT molecular complexity index is 703. The molecular weight excluding hydrogens is 369 g/mol. The van der Waals surface area contributed by atoms with Crippen molar-refractivity contribution in [3.05, 3.63) is 38.7 Å². The summed E-state index contributed by atoms with van der Waals surface area (Å²) in [5, 5.41) is 0.740. The maximum Gasteiger partial charge on any atom is 0.294 e. The number of nitrogens with zero attached hydrogens (tertiary/aromatic N) is 3. The predicted octanol–water partition coefficient (Wildman–Crippen LogP) is 3.23. The molecule has 24 heavy (non-hydrogen) atoms. The Labute approximate surface area is 155 Å². The van der Waals surface area contributed by atoms with Crippen LogP contribution < -0.4 is 0 Å². The fraction of sp³-hybridized carbons (Fsp3) is 0.375. The fourth-order valence-electron chi connectivity index (χ4n) is 2.57. The molecule has 0 aromatic heterocycles. The minimum atomic E-state index is -0.269. The average molecular weight is 386 g/mol. The van der Waals surface area contributed by atoms with Crippen molar-refractivity contribution in [2.45, 2.75) is 0 Å². The summed E-state index contributed by atoms with van der Waals surface area (Å²) in [6.07, 6.45) is 1.65. The highest BCUT2D eigenvalue weighted by atomic mass is 35.5. The van der Waals surface area contributed by atoms with E-state index in [0.29, 0.717) is 27.2 Å². The van der Waals surface area contributed by atoms with Crippen LogP contribution in [-0.2, 0) is 4.79 Å². The van der Waals surface area contributed by atoms with Gasteiger partial charge in [-0.2, -0.15) is 0 Å². The molecule has 0 unspecified atom stereocenters. The van der Waals surface area contributed by atoms with E-state index in [1.54, 1.807) is 24.3 Å². The molecule has 128 valence electrons. The molecule has 2 fully saturated rings. The molecule has 0 radical (unpaired) electrons. The van der Waals surface area contributed by atoms with Crippen LogP contribution in [0.15, 0.2) is 23.1 Å². The van der Waals surface area contributed by atoms with E-state index in [9.17, 15) is 9.59 Å². The number of likely N-dealkylation sites (N-methyl/N-ethyl adjacent to an activating group) is 1. The number of piperazine rings is 1. The molecular formula is C16H17Cl2N3O2S. The van der Waals surface area contributed by atoms with E-state index in [1.165, 1.54) is 4.90 Å². The van der Waals surface area contributed by atoms with Crippen molar-refractivity contribution in [1.82, 2.24) is 14.7 Å². The SMILES string of the molecule is CN1CCN(CN2C(=O)SC(=Cc3ccc(Cl)cc3Cl)C2=O)CC1. The normalized spacial score (nSPS) is 22.0. The van der Waals surface area contributed by atoms with Crippen LogP contribution >= 0.6 is 35.0 Å². The largest absolute Gasteiger partial charge is 0.304 e. The van der Waals surface area contributed by atoms with E-state index in [-0.39, 0.29) is 11.1 Å². The third kappa shape index (κ3) is 3.95. The van der Waals surface area contributed by atoms with E-state index in [0.717, 1.165) is 37.9 Å². The number of thioether (sulfide) groups is 1. The lowest BCUT2D eigenvalue weighted by atomic mass is 10.2. The zero-order chi connectivity index (χ0) is 17.3. The Morgan fingerprint density at radius 3 is 2.54 bits per heavy atom. The standard InChI is InChI=1S/C16H17Cl2N3O2S/c1-19-4-6-20(7-5-19)10-21-15(22)14(24-16(21)23)8-11-2-3-12(17)9-13(11)18/h2-3,8-9H,4-7,10H2,1H3. The highest BCUT2D eigenvalue weighted by Gasteiger charge is 2.36. The predicted molar refractivity (Wildman–Crippen MR) is 98.2 cm³/mol. The maximum absolute atomic E-state index is 12.5. The van der Waals surface area contributed by atoms with Crippen LogP contribution in [0.25, 0.3) is 6.08 Å². The molecule has 1 aromatic carbocycles. The van der Waals surface area contributed by atoms with Crippen molar-refractivity contribution >= 4 is 52.2 Å². The first kappa shape index (κ1) is 17.8. The van der Waals surface area contributed by atoms with Gasteiger partial charge in [-0.05, 0) is 42.6 Å². The fourth-order valence-corrected chi connectivity index (χ4v) is 3.86. The molecule has 2 aliphatic heterocycles. The highest BCUT2D eigenvalue weighted by Crippen LogP contribution is 2.34. The van der Waals surface area contributed by atoms with Crippen molar-refractivity contribution in [1.29, 1.82) is 0 Å². The first-order valence-electron chi connectivity index (χ1n) is 7.55. The van der Waals surface area contributed by atoms with Crippen LogP contribution in [0.4, 0.5) is 4.79 Å². The summed E-state index contributed by atoms with van der Waals surface area (Å²) in [5.74, 6) is -0.269. The maximum atomic E-state index is 12.5. The molecule has 0 N–H and O–H groups in total. The summed E-state index contributed by atoms with van der Waals surface area (Å²) in [4.78, 5) is 30.8. The molecule has 0 spiro atoms. The molecule has 2 aliphatic rings. The van der Waals surface area contributed by atoms with E-state index in [2.05, 4.69) is 16.8 Å². The van der Waals surface area contributed by atoms with E-state index < -0.39 is 0 Å². The summed E-state index contributed by atoms with van der Waals surface area (Å²) in [5.41, 5.74) is 0.672. The van der Waals surface area contributed by atoms with Gasteiger partial charge in [0.2, 0.25) is 0 Å². The van der Waals surface area contributed by atoms with Crippen LogP contribution in [0.3, 0.4) is 0 Å².